The summed E-state index contributed by atoms with van der Waals surface area (Å²) in [6.45, 7) is 11.7. The number of aromatic nitrogens is 3. The molecular weight excluding hydrogens is 340 g/mol. The molecule has 1 aliphatic heterocycles. The molecule has 0 spiro atoms. The second-order valence-electron chi connectivity index (χ2n) is 6.62. The van der Waals surface area contributed by atoms with E-state index in [-0.39, 0.29) is 5.92 Å². The van der Waals surface area contributed by atoms with Crippen LogP contribution in [0.3, 0.4) is 0 Å². The number of fused-ring (bicyclic) bond motifs is 3. The largest absolute Gasteiger partial charge is 0.366 e. The van der Waals surface area contributed by atoms with Crippen molar-refractivity contribution < 1.29 is 4.79 Å². The molecule has 0 radical (unpaired) electrons. The van der Waals surface area contributed by atoms with Gasteiger partial charge in [0, 0.05) is 18.2 Å². The number of primary amides is 1. The Kier molecular flexibility index (Phi) is 3.89. The van der Waals surface area contributed by atoms with Gasteiger partial charge in [0.2, 0.25) is 0 Å². The minimum atomic E-state index is -0.489. The maximum absolute atomic E-state index is 12.2. The van der Waals surface area contributed by atoms with Gasteiger partial charge in [-0.2, -0.15) is 0 Å². The van der Waals surface area contributed by atoms with E-state index in [1.807, 2.05) is 35.8 Å². The quantitative estimate of drug-likeness (QED) is 0.711. The highest BCUT2D eigenvalue weighted by Gasteiger charge is 2.30. The lowest BCUT2D eigenvalue weighted by atomic mass is 10.1. The molecule has 1 aliphatic rings. The monoisotopic (exact) mass is 358 g/mol. The molecule has 2 aromatic carbocycles. The standard InChI is InChI=1S/C20H18N6O/c1-12-11-25(15-9-7-14(22-3)8-10-15)18-16(19(21)27)5-4-6-17(18)26-13(2)23-24-20(12)26/h4-10,12H,11H2,1-2H3,(H2,21,27)/t12-/m1/s1. The zero-order valence-electron chi connectivity index (χ0n) is 15.0. The van der Waals surface area contributed by atoms with E-state index < -0.39 is 5.91 Å². The van der Waals surface area contributed by atoms with Crippen LogP contribution in [0, 0.1) is 13.5 Å². The zero-order valence-corrected chi connectivity index (χ0v) is 15.0. The van der Waals surface area contributed by atoms with Crippen molar-refractivity contribution in [1.82, 2.24) is 14.8 Å². The number of carbonyl (C=O) groups excluding carboxylic acids is 1. The topological polar surface area (TPSA) is 81.4 Å². The molecule has 7 nitrogen and oxygen atoms in total. The highest BCUT2D eigenvalue weighted by molar-refractivity contribution is 6.02. The third-order valence-corrected chi connectivity index (χ3v) is 4.83. The van der Waals surface area contributed by atoms with E-state index in [2.05, 4.69) is 26.9 Å². The van der Waals surface area contributed by atoms with Gasteiger partial charge in [0.25, 0.3) is 5.91 Å². The van der Waals surface area contributed by atoms with Crippen molar-refractivity contribution in [3.05, 3.63) is 71.1 Å². The van der Waals surface area contributed by atoms with Crippen molar-refractivity contribution in [3.63, 3.8) is 0 Å². The molecule has 0 saturated heterocycles. The van der Waals surface area contributed by atoms with Crippen molar-refractivity contribution in [2.24, 2.45) is 5.73 Å². The van der Waals surface area contributed by atoms with Gasteiger partial charge < -0.3 is 10.6 Å². The summed E-state index contributed by atoms with van der Waals surface area (Å²) in [5.74, 6) is 1.18. The molecule has 1 amide bonds. The molecule has 0 bridgehead atoms. The number of amides is 1. The molecule has 0 aliphatic carbocycles. The fourth-order valence-electron chi connectivity index (χ4n) is 3.58. The Bertz CT molecular complexity index is 1080. The molecule has 2 N–H and O–H groups in total. The van der Waals surface area contributed by atoms with E-state index >= 15 is 0 Å². The first-order valence-corrected chi connectivity index (χ1v) is 8.61. The van der Waals surface area contributed by atoms with Crippen LogP contribution in [0.1, 0.15) is 34.8 Å². The number of anilines is 2. The third kappa shape index (κ3) is 2.62. The number of nitrogens with two attached hydrogens (primary N) is 1. The van der Waals surface area contributed by atoms with Crippen molar-refractivity contribution in [3.8, 4) is 5.69 Å². The minimum absolute atomic E-state index is 0.0693. The lowest BCUT2D eigenvalue weighted by molar-refractivity contribution is 0.100. The van der Waals surface area contributed by atoms with E-state index in [4.69, 9.17) is 12.3 Å². The summed E-state index contributed by atoms with van der Waals surface area (Å²) >= 11 is 0. The van der Waals surface area contributed by atoms with Gasteiger partial charge >= 0.3 is 0 Å². The second kappa shape index (κ2) is 6.25. The molecular formula is C20H18N6O. The van der Waals surface area contributed by atoms with E-state index in [1.165, 1.54) is 0 Å². The number of hydrogen-bond donors (Lipinski definition) is 1. The minimum Gasteiger partial charge on any atom is -0.366 e. The van der Waals surface area contributed by atoms with Gasteiger partial charge in [-0.1, -0.05) is 25.1 Å². The SMILES string of the molecule is [C-]#[N+]c1ccc(N2C[C@@H](C)c3nnc(C)n3-c3cccc(C(N)=O)c32)cc1. The number of aryl methyl sites for hydroxylation is 1. The Morgan fingerprint density at radius 1 is 1.22 bits per heavy atom. The van der Waals surface area contributed by atoms with E-state index in [9.17, 15) is 4.79 Å². The zero-order chi connectivity index (χ0) is 19.1. The summed E-state index contributed by atoms with van der Waals surface area (Å²) in [5.41, 5.74) is 9.15. The van der Waals surface area contributed by atoms with E-state index in [1.54, 1.807) is 18.2 Å². The molecule has 1 aromatic heterocycles. The lowest BCUT2D eigenvalue weighted by Gasteiger charge is -2.28. The summed E-state index contributed by atoms with van der Waals surface area (Å²) in [6.07, 6.45) is 0. The van der Waals surface area contributed by atoms with Crippen molar-refractivity contribution in [2.75, 3.05) is 11.4 Å². The van der Waals surface area contributed by atoms with Crippen molar-refractivity contribution >= 4 is 23.0 Å². The maximum Gasteiger partial charge on any atom is 0.250 e. The smallest absolute Gasteiger partial charge is 0.250 e. The summed E-state index contributed by atoms with van der Waals surface area (Å²) in [5, 5.41) is 8.59. The van der Waals surface area contributed by atoms with Gasteiger partial charge in [-0.15, -0.1) is 10.2 Å². The van der Waals surface area contributed by atoms with Crippen LogP contribution in [0.5, 0.6) is 0 Å². The van der Waals surface area contributed by atoms with E-state index in [0.717, 1.165) is 28.7 Å². The highest BCUT2D eigenvalue weighted by atomic mass is 16.1. The maximum atomic E-state index is 12.2. The van der Waals surface area contributed by atoms with Crippen LogP contribution in [0.15, 0.2) is 42.5 Å². The average molecular weight is 358 g/mol. The number of nitrogens with zero attached hydrogens (tertiary/aromatic N) is 5. The summed E-state index contributed by atoms with van der Waals surface area (Å²) in [4.78, 5) is 17.7. The summed E-state index contributed by atoms with van der Waals surface area (Å²) < 4.78 is 1.99. The third-order valence-electron chi connectivity index (χ3n) is 4.83. The van der Waals surface area contributed by atoms with Gasteiger partial charge in [-0.3, -0.25) is 9.36 Å². The first-order valence-electron chi connectivity index (χ1n) is 8.61. The molecule has 0 unspecified atom stereocenters. The van der Waals surface area contributed by atoms with Gasteiger partial charge in [-0.05, 0) is 31.2 Å². The molecule has 134 valence electrons. The van der Waals surface area contributed by atoms with Crippen molar-refractivity contribution in [1.29, 1.82) is 0 Å². The Labute approximate surface area is 156 Å². The van der Waals surface area contributed by atoms with Crippen LogP contribution in [0.25, 0.3) is 10.5 Å². The van der Waals surface area contributed by atoms with Crippen LogP contribution in [-0.4, -0.2) is 27.2 Å². The lowest BCUT2D eigenvalue weighted by Crippen LogP contribution is -2.25. The normalized spacial score (nSPS) is 15.4. The Morgan fingerprint density at radius 3 is 2.63 bits per heavy atom. The predicted octanol–water partition coefficient (Wildman–Crippen LogP) is 3.48. The van der Waals surface area contributed by atoms with Crippen molar-refractivity contribution in [2.45, 2.75) is 19.8 Å². The van der Waals surface area contributed by atoms with Crippen LogP contribution in [-0.2, 0) is 0 Å². The Balaban J connectivity index is 2.01. The second-order valence-corrected chi connectivity index (χ2v) is 6.62. The van der Waals surface area contributed by atoms with Gasteiger partial charge in [0.15, 0.2) is 5.69 Å². The Morgan fingerprint density at radius 2 is 1.96 bits per heavy atom. The molecule has 2 heterocycles. The van der Waals surface area contributed by atoms with Gasteiger partial charge in [0.05, 0.1) is 23.5 Å². The molecule has 0 saturated carbocycles. The van der Waals surface area contributed by atoms with Crippen LogP contribution < -0.4 is 10.6 Å². The fraction of sp³-hybridized carbons (Fsp3) is 0.200. The van der Waals surface area contributed by atoms with Crippen LogP contribution in [0.4, 0.5) is 17.1 Å². The number of rotatable bonds is 2. The average Bonchev–Trinajstić information content (AvgIpc) is 3.01. The molecule has 3 aromatic rings. The fourth-order valence-corrected chi connectivity index (χ4v) is 3.58. The molecule has 7 heteroatoms. The van der Waals surface area contributed by atoms with Gasteiger partial charge in [-0.25, -0.2) is 4.85 Å². The number of carbonyl (C=O) groups is 1. The van der Waals surface area contributed by atoms with Crippen LogP contribution >= 0.6 is 0 Å². The van der Waals surface area contributed by atoms with Gasteiger partial charge in [0.1, 0.15) is 11.6 Å². The number of para-hydroxylation sites is 1. The van der Waals surface area contributed by atoms with E-state index in [0.29, 0.717) is 17.8 Å². The summed E-state index contributed by atoms with van der Waals surface area (Å²) in [7, 11) is 0. The first-order chi connectivity index (χ1) is 13.0. The van der Waals surface area contributed by atoms with Crippen LogP contribution in [0.2, 0.25) is 0 Å². The predicted molar refractivity (Wildman–Crippen MR) is 103 cm³/mol. The summed E-state index contributed by atoms with van der Waals surface area (Å²) in [6, 6.07) is 12.8. The molecule has 4 rings (SSSR count). The number of benzene rings is 2. The molecule has 27 heavy (non-hydrogen) atoms. The number of hydrogen-bond acceptors (Lipinski definition) is 4. The molecule has 0 fully saturated rings. The molecule has 1 atom stereocenters. The highest BCUT2D eigenvalue weighted by Crippen LogP contribution is 2.40. The first kappa shape index (κ1) is 16.8. The Hall–Kier alpha value is -3.66.